The molecular formula is C15H22N2O3. The Morgan fingerprint density at radius 2 is 2.10 bits per heavy atom. The second-order valence-electron chi connectivity index (χ2n) is 4.82. The maximum absolute atomic E-state index is 12.3. The molecule has 0 heterocycles. The molecule has 0 aromatic heterocycles. The number of para-hydroxylation sites is 1. The second kappa shape index (κ2) is 6.72. The SMILES string of the molecule is CCOc1ccccc1C(=O)NC1C(N)CC1OCC. The van der Waals surface area contributed by atoms with Gasteiger partial charge in [0.1, 0.15) is 5.75 Å². The molecule has 3 unspecified atom stereocenters. The summed E-state index contributed by atoms with van der Waals surface area (Å²) in [5, 5.41) is 2.95. The molecule has 20 heavy (non-hydrogen) atoms. The standard InChI is InChI=1S/C15H22N2O3/c1-3-19-12-8-6-5-7-10(12)15(18)17-14-11(16)9-13(14)20-4-2/h5-8,11,13-14H,3-4,9,16H2,1-2H3,(H,17,18). The number of carbonyl (C=O) groups excluding carboxylic acids is 1. The highest BCUT2D eigenvalue weighted by Crippen LogP contribution is 2.24. The molecule has 0 saturated heterocycles. The Labute approximate surface area is 119 Å². The first kappa shape index (κ1) is 14.8. The summed E-state index contributed by atoms with van der Waals surface area (Å²) in [6.45, 7) is 4.98. The molecule has 5 nitrogen and oxygen atoms in total. The molecule has 3 atom stereocenters. The average molecular weight is 278 g/mol. The molecule has 0 spiro atoms. The van der Waals surface area contributed by atoms with Crippen molar-refractivity contribution in [2.24, 2.45) is 5.73 Å². The summed E-state index contributed by atoms with van der Waals surface area (Å²) in [5.74, 6) is 0.423. The van der Waals surface area contributed by atoms with Crippen LogP contribution in [-0.4, -0.2) is 37.3 Å². The van der Waals surface area contributed by atoms with Crippen LogP contribution in [0.2, 0.25) is 0 Å². The lowest BCUT2D eigenvalue weighted by molar-refractivity contribution is -0.0300. The van der Waals surface area contributed by atoms with Gasteiger partial charge in [-0.25, -0.2) is 0 Å². The molecule has 1 aliphatic rings. The van der Waals surface area contributed by atoms with Gasteiger partial charge in [0.25, 0.3) is 5.91 Å². The molecule has 0 bridgehead atoms. The minimum Gasteiger partial charge on any atom is -0.493 e. The van der Waals surface area contributed by atoms with Crippen LogP contribution in [0.5, 0.6) is 5.75 Å². The fraction of sp³-hybridized carbons (Fsp3) is 0.533. The summed E-state index contributed by atoms with van der Waals surface area (Å²) in [4.78, 5) is 12.3. The van der Waals surface area contributed by atoms with E-state index in [4.69, 9.17) is 15.2 Å². The zero-order valence-electron chi connectivity index (χ0n) is 12.0. The van der Waals surface area contributed by atoms with Gasteiger partial charge in [0.2, 0.25) is 0 Å². The van der Waals surface area contributed by atoms with Crippen molar-refractivity contribution in [3.05, 3.63) is 29.8 Å². The first-order chi connectivity index (χ1) is 9.67. The van der Waals surface area contributed by atoms with Gasteiger partial charge in [-0.3, -0.25) is 4.79 Å². The Morgan fingerprint density at radius 1 is 1.35 bits per heavy atom. The summed E-state index contributed by atoms with van der Waals surface area (Å²) in [5.41, 5.74) is 6.47. The molecule has 1 aliphatic carbocycles. The predicted octanol–water partition coefficient (Wildman–Crippen LogP) is 1.32. The monoisotopic (exact) mass is 278 g/mol. The molecule has 5 heteroatoms. The lowest BCUT2D eigenvalue weighted by atomic mass is 9.83. The molecule has 1 aromatic carbocycles. The van der Waals surface area contributed by atoms with Crippen molar-refractivity contribution >= 4 is 5.91 Å². The van der Waals surface area contributed by atoms with E-state index in [1.165, 1.54) is 0 Å². The molecule has 1 amide bonds. The number of nitrogens with two attached hydrogens (primary N) is 1. The van der Waals surface area contributed by atoms with Crippen molar-refractivity contribution in [2.45, 2.75) is 38.5 Å². The van der Waals surface area contributed by atoms with Gasteiger partial charge in [-0.15, -0.1) is 0 Å². The van der Waals surface area contributed by atoms with E-state index >= 15 is 0 Å². The van der Waals surface area contributed by atoms with Crippen molar-refractivity contribution in [1.29, 1.82) is 0 Å². The normalized spacial score (nSPS) is 24.9. The summed E-state index contributed by atoms with van der Waals surface area (Å²) in [6, 6.07) is 7.03. The third-order valence-corrected chi connectivity index (χ3v) is 3.48. The lowest BCUT2D eigenvalue weighted by Gasteiger charge is -2.42. The average Bonchev–Trinajstić information content (AvgIpc) is 2.45. The van der Waals surface area contributed by atoms with Gasteiger partial charge in [0, 0.05) is 12.6 Å². The maximum atomic E-state index is 12.3. The molecule has 0 radical (unpaired) electrons. The Hall–Kier alpha value is -1.59. The molecule has 1 saturated carbocycles. The molecule has 110 valence electrons. The van der Waals surface area contributed by atoms with Crippen LogP contribution in [0.25, 0.3) is 0 Å². The van der Waals surface area contributed by atoms with Gasteiger partial charge in [-0.05, 0) is 32.4 Å². The van der Waals surface area contributed by atoms with Crippen LogP contribution in [0, 0.1) is 0 Å². The van der Waals surface area contributed by atoms with Gasteiger partial charge in [0.15, 0.2) is 0 Å². The summed E-state index contributed by atoms with van der Waals surface area (Å²) < 4.78 is 11.0. The van der Waals surface area contributed by atoms with E-state index in [-0.39, 0.29) is 24.1 Å². The Balaban J connectivity index is 2.04. The number of rotatable bonds is 6. The van der Waals surface area contributed by atoms with Gasteiger partial charge in [-0.1, -0.05) is 12.1 Å². The van der Waals surface area contributed by atoms with Gasteiger partial charge in [0.05, 0.1) is 24.3 Å². The number of benzene rings is 1. The number of nitrogens with one attached hydrogen (secondary N) is 1. The lowest BCUT2D eigenvalue weighted by Crippen LogP contribution is -2.64. The van der Waals surface area contributed by atoms with Crippen LogP contribution in [0.15, 0.2) is 24.3 Å². The van der Waals surface area contributed by atoms with Crippen LogP contribution in [0.1, 0.15) is 30.6 Å². The highest BCUT2D eigenvalue weighted by molar-refractivity contribution is 5.97. The zero-order chi connectivity index (χ0) is 14.5. The van der Waals surface area contributed by atoms with Crippen LogP contribution >= 0.6 is 0 Å². The van der Waals surface area contributed by atoms with E-state index in [2.05, 4.69) is 5.32 Å². The van der Waals surface area contributed by atoms with Crippen LogP contribution in [0.4, 0.5) is 0 Å². The van der Waals surface area contributed by atoms with Crippen LogP contribution in [-0.2, 0) is 4.74 Å². The molecule has 3 N–H and O–H groups in total. The quantitative estimate of drug-likeness (QED) is 0.823. The minimum absolute atomic E-state index is 0.0122. The number of carbonyl (C=O) groups is 1. The Bertz CT molecular complexity index is 462. The number of hydrogen-bond donors (Lipinski definition) is 2. The van der Waals surface area contributed by atoms with E-state index in [1.807, 2.05) is 26.0 Å². The highest BCUT2D eigenvalue weighted by Gasteiger charge is 2.40. The number of amides is 1. The third kappa shape index (κ3) is 3.11. The molecule has 0 aliphatic heterocycles. The fourth-order valence-corrected chi connectivity index (χ4v) is 2.39. The molecular weight excluding hydrogens is 256 g/mol. The van der Waals surface area contributed by atoms with E-state index < -0.39 is 0 Å². The summed E-state index contributed by atoms with van der Waals surface area (Å²) in [7, 11) is 0. The highest BCUT2D eigenvalue weighted by atomic mass is 16.5. The van der Waals surface area contributed by atoms with Crippen LogP contribution < -0.4 is 15.8 Å². The van der Waals surface area contributed by atoms with Crippen molar-refractivity contribution in [3.63, 3.8) is 0 Å². The van der Waals surface area contributed by atoms with Gasteiger partial charge >= 0.3 is 0 Å². The smallest absolute Gasteiger partial charge is 0.255 e. The number of ether oxygens (including phenoxy) is 2. The topological polar surface area (TPSA) is 73.6 Å². The largest absolute Gasteiger partial charge is 0.493 e. The van der Waals surface area contributed by atoms with Gasteiger partial charge < -0.3 is 20.5 Å². The van der Waals surface area contributed by atoms with E-state index in [0.717, 1.165) is 6.42 Å². The summed E-state index contributed by atoms with van der Waals surface area (Å²) >= 11 is 0. The second-order valence-corrected chi connectivity index (χ2v) is 4.82. The third-order valence-electron chi connectivity index (χ3n) is 3.48. The fourth-order valence-electron chi connectivity index (χ4n) is 2.39. The first-order valence-corrected chi connectivity index (χ1v) is 7.07. The van der Waals surface area contributed by atoms with Crippen LogP contribution in [0.3, 0.4) is 0 Å². The Morgan fingerprint density at radius 3 is 2.75 bits per heavy atom. The maximum Gasteiger partial charge on any atom is 0.255 e. The van der Waals surface area contributed by atoms with E-state index in [1.54, 1.807) is 12.1 Å². The van der Waals surface area contributed by atoms with E-state index in [9.17, 15) is 4.79 Å². The Kier molecular flexibility index (Phi) is 4.98. The van der Waals surface area contributed by atoms with Crippen molar-refractivity contribution in [3.8, 4) is 5.75 Å². The number of hydrogen-bond acceptors (Lipinski definition) is 4. The molecule has 1 aromatic rings. The van der Waals surface area contributed by atoms with Crippen molar-refractivity contribution in [2.75, 3.05) is 13.2 Å². The van der Waals surface area contributed by atoms with Gasteiger partial charge in [-0.2, -0.15) is 0 Å². The first-order valence-electron chi connectivity index (χ1n) is 7.07. The summed E-state index contributed by atoms with van der Waals surface area (Å²) in [6.07, 6.45) is 0.796. The van der Waals surface area contributed by atoms with Crippen molar-refractivity contribution < 1.29 is 14.3 Å². The van der Waals surface area contributed by atoms with Crippen molar-refractivity contribution in [1.82, 2.24) is 5.32 Å². The minimum atomic E-state index is -0.168. The molecule has 1 fully saturated rings. The predicted molar refractivity (Wildman–Crippen MR) is 76.9 cm³/mol. The molecule has 2 rings (SSSR count). The van der Waals surface area contributed by atoms with E-state index in [0.29, 0.717) is 24.5 Å². The zero-order valence-corrected chi connectivity index (χ0v) is 12.0.